The van der Waals surface area contributed by atoms with Gasteiger partial charge in [-0.3, -0.25) is 0 Å². The van der Waals surface area contributed by atoms with Crippen molar-refractivity contribution in [2.45, 2.75) is 6.92 Å². The average molecular weight is 267 g/mol. The summed E-state index contributed by atoms with van der Waals surface area (Å²) < 4.78 is 22.1. The Bertz CT molecular complexity index is 525. The highest BCUT2D eigenvalue weighted by molar-refractivity contribution is 5.98. The molecule has 0 heterocycles. The third kappa shape index (κ3) is 4.09. The van der Waals surface area contributed by atoms with E-state index < -0.39 is 11.9 Å². The molecule has 19 heavy (non-hydrogen) atoms. The second kappa shape index (κ2) is 6.53. The van der Waals surface area contributed by atoms with E-state index in [0.717, 1.165) is 6.08 Å². The zero-order valence-electron chi connectivity index (χ0n) is 10.8. The van der Waals surface area contributed by atoms with Crippen molar-refractivity contribution in [1.82, 2.24) is 0 Å². The summed E-state index contributed by atoms with van der Waals surface area (Å²) in [5.41, 5.74) is 0.770. The molecule has 102 valence electrons. The van der Waals surface area contributed by atoms with Crippen LogP contribution in [0.4, 0.5) is 10.1 Å². The molecule has 1 rings (SSSR count). The lowest BCUT2D eigenvalue weighted by Crippen LogP contribution is -2.15. The van der Waals surface area contributed by atoms with Gasteiger partial charge in [-0.15, -0.1) is 0 Å². The third-order valence-corrected chi connectivity index (χ3v) is 2.31. The number of methoxy groups -OCH3 is 2. The van der Waals surface area contributed by atoms with Gasteiger partial charge in [-0.2, -0.15) is 0 Å². The summed E-state index contributed by atoms with van der Waals surface area (Å²) in [4.78, 5) is 22.6. The highest BCUT2D eigenvalue weighted by Crippen LogP contribution is 2.16. The molecule has 0 saturated carbocycles. The van der Waals surface area contributed by atoms with Crippen LogP contribution in [0.3, 0.4) is 0 Å². The molecule has 0 unspecified atom stereocenters. The van der Waals surface area contributed by atoms with Crippen LogP contribution in [0.1, 0.15) is 5.56 Å². The molecular weight excluding hydrogens is 253 g/mol. The molecule has 6 heteroatoms. The van der Waals surface area contributed by atoms with Gasteiger partial charge in [0.2, 0.25) is 0 Å². The summed E-state index contributed by atoms with van der Waals surface area (Å²) in [6.45, 7) is 1.59. The SMILES string of the molecule is COC(=O)/C=C(/Nc1ccc(F)c(C)c1)C(=O)OC. The van der Waals surface area contributed by atoms with Crippen molar-refractivity contribution in [3.8, 4) is 0 Å². The van der Waals surface area contributed by atoms with Crippen molar-refractivity contribution in [3.63, 3.8) is 0 Å². The second-order valence-electron chi connectivity index (χ2n) is 3.66. The van der Waals surface area contributed by atoms with E-state index in [2.05, 4.69) is 14.8 Å². The normalized spacial score (nSPS) is 10.8. The molecule has 0 fully saturated rings. The standard InChI is InChI=1S/C13H14FNO4/c1-8-6-9(4-5-10(8)14)15-11(13(17)19-3)7-12(16)18-2/h4-7,15H,1-3H3/b11-7+. The third-order valence-electron chi connectivity index (χ3n) is 2.31. The van der Waals surface area contributed by atoms with Crippen LogP contribution in [0.5, 0.6) is 0 Å². The topological polar surface area (TPSA) is 64.6 Å². The van der Waals surface area contributed by atoms with Crippen molar-refractivity contribution in [2.75, 3.05) is 19.5 Å². The zero-order chi connectivity index (χ0) is 14.4. The minimum atomic E-state index is -0.729. The summed E-state index contributed by atoms with van der Waals surface area (Å²) in [7, 11) is 2.38. The Balaban J connectivity index is 3.00. The Morgan fingerprint density at radius 2 is 1.95 bits per heavy atom. The van der Waals surface area contributed by atoms with Gasteiger partial charge in [-0.25, -0.2) is 14.0 Å². The van der Waals surface area contributed by atoms with Crippen molar-refractivity contribution in [1.29, 1.82) is 0 Å². The van der Waals surface area contributed by atoms with Crippen molar-refractivity contribution < 1.29 is 23.5 Å². The van der Waals surface area contributed by atoms with Gasteiger partial charge in [0, 0.05) is 5.69 Å². The van der Waals surface area contributed by atoms with Gasteiger partial charge in [-0.1, -0.05) is 0 Å². The van der Waals surface area contributed by atoms with Crippen LogP contribution in [-0.2, 0) is 19.1 Å². The first-order valence-corrected chi connectivity index (χ1v) is 5.39. The number of rotatable bonds is 4. The van der Waals surface area contributed by atoms with Crippen LogP contribution in [0, 0.1) is 12.7 Å². The van der Waals surface area contributed by atoms with Crippen LogP contribution >= 0.6 is 0 Å². The van der Waals surface area contributed by atoms with Gasteiger partial charge < -0.3 is 14.8 Å². The number of nitrogens with one attached hydrogen (secondary N) is 1. The number of ether oxygens (including phenoxy) is 2. The van der Waals surface area contributed by atoms with Gasteiger partial charge in [0.15, 0.2) is 0 Å². The Morgan fingerprint density at radius 1 is 1.26 bits per heavy atom. The van der Waals surface area contributed by atoms with E-state index in [0.29, 0.717) is 11.3 Å². The van der Waals surface area contributed by atoms with Gasteiger partial charge in [0.1, 0.15) is 11.5 Å². The predicted molar refractivity (Wildman–Crippen MR) is 66.9 cm³/mol. The fraction of sp³-hybridized carbons (Fsp3) is 0.231. The number of aryl methyl sites for hydroxylation is 1. The van der Waals surface area contributed by atoms with Gasteiger partial charge >= 0.3 is 11.9 Å². The Labute approximate surface area is 110 Å². The molecule has 1 aromatic carbocycles. The van der Waals surface area contributed by atoms with Crippen LogP contribution in [0.15, 0.2) is 30.0 Å². The van der Waals surface area contributed by atoms with Crippen LogP contribution < -0.4 is 5.32 Å². The summed E-state index contributed by atoms with van der Waals surface area (Å²) in [6.07, 6.45) is 0.963. The van der Waals surface area contributed by atoms with Crippen LogP contribution in [-0.4, -0.2) is 26.2 Å². The molecule has 0 aliphatic rings. The molecule has 0 aromatic heterocycles. The maximum atomic E-state index is 13.1. The van der Waals surface area contributed by atoms with Crippen molar-refractivity contribution >= 4 is 17.6 Å². The Kier molecular flexibility index (Phi) is 5.05. The molecule has 0 spiro atoms. The zero-order valence-corrected chi connectivity index (χ0v) is 10.8. The fourth-order valence-corrected chi connectivity index (χ4v) is 1.31. The molecular formula is C13H14FNO4. The fourth-order valence-electron chi connectivity index (χ4n) is 1.31. The molecule has 0 amide bonds. The minimum absolute atomic E-state index is 0.0969. The molecule has 1 N–H and O–H groups in total. The summed E-state index contributed by atoms with van der Waals surface area (Å²) >= 11 is 0. The smallest absolute Gasteiger partial charge is 0.354 e. The second-order valence-corrected chi connectivity index (χ2v) is 3.66. The monoisotopic (exact) mass is 267 g/mol. The number of carbonyl (C=O) groups is 2. The largest absolute Gasteiger partial charge is 0.466 e. The molecule has 1 aromatic rings. The van der Waals surface area contributed by atoms with Crippen LogP contribution in [0.25, 0.3) is 0 Å². The average Bonchev–Trinajstić information content (AvgIpc) is 2.41. The molecule has 5 nitrogen and oxygen atoms in total. The molecule has 0 saturated heterocycles. The van der Waals surface area contributed by atoms with E-state index in [9.17, 15) is 14.0 Å². The van der Waals surface area contributed by atoms with Crippen LogP contribution in [0.2, 0.25) is 0 Å². The van der Waals surface area contributed by atoms with E-state index >= 15 is 0 Å². The lowest BCUT2D eigenvalue weighted by molar-refractivity contribution is -0.138. The maximum Gasteiger partial charge on any atom is 0.354 e. The molecule has 0 radical (unpaired) electrons. The number of benzene rings is 1. The van der Waals surface area contributed by atoms with Crippen molar-refractivity contribution in [3.05, 3.63) is 41.4 Å². The first kappa shape index (κ1) is 14.7. The highest BCUT2D eigenvalue weighted by Gasteiger charge is 2.13. The van der Waals surface area contributed by atoms with Crippen molar-refractivity contribution in [2.24, 2.45) is 0 Å². The first-order chi connectivity index (χ1) is 8.97. The van der Waals surface area contributed by atoms with E-state index in [-0.39, 0.29) is 11.5 Å². The quantitative estimate of drug-likeness (QED) is 0.665. The van der Waals surface area contributed by atoms with Gasteiger partial charge in [0.25, 0.3) is 0 Å². The Hall–Kier alpha value is -2.37. The maximum absolute atomic E-state index is 13.1. The number of esters is 2. The lowest BCUT2D eigenvalue weighted by Gasteiger charge is -2.09. The molecule has 0 atom stereocenters. The van der Waals surface area contributed by atoms with Gasteiger partial charge in [0.05, 0.1) is 20.3 Å². The van der Waals surface area contributed by atoms with E-state index in [1.807, 2.05) is 0 Å². The molecule has 0 aliphatic carbocycles. The number of anilines is 1. The molecule has 0 aliphatic heterocycles. The van der Waals surface area contributed by atoms with Gasteiger partial charge in [-0.05, 0) is 30.7 Å². The molecule has 0 bridgehead atoms. The van der Waals surface area contributed by atoms with E-state index in [1.165, 1.54) is 32.4 Å². The highest BCUT2D eigenvalue weighted by atomic mass is 19.1. The minimum Gasteiger partial charge on any atom is -0.466 e. The summed E-state index contributed by atoms with van der Waals surface area (Å²) in [5, 5.41) is 2.68. The first-order valence-electron chi connectivity index (χ1n) is 5.39. The lowest BCUT2D eigenvalue weighted by atomic mass is 10.2. The van der Waals surface area contributed by atoms with E-state index in [4.69, 9.17) is 0 Å². The number of hydrogen-bond acceptors (Lipinski definition) is 5. The predicted octanol–water partition coefficient (Wildman–Crippen LogP) is 1.78. The number of carbonyl (C=O) groups excluding carboxylic acids is 2. The van der Waals surface area contributed by atoms with E-state index in [1.54, 1.807) is 6.92 Å². The number of halogens is 1. The summed E-state index contributed by atoms with van der Waals surface area (Å²) in [5.74, 6) is -1.79. The summed E-state index contributed by atoms with van der Waals surface area (Å²) in [6, 6.07) is 4.20. The Morgan fingerprint density at radius 3 is 2.47 bits per heavy atom. The number of hydrogen-bond donors (Lipinski definition) is 1.